The number of nitrogens with one attached hydrogen (secondary N) is 1. The van der Waals surface area contributed by atoms with Crippen molar-refractivity contribution in [3.05, 3.63) is 47.0 Å². The zero-order valence-electron chi connectivity index (χ0n) is 14.9. The second-order valence-corrected chi connectivity index (χ2v) is 10.1. The normalized spacial score (nSPS) is 18.8. The molecule has 1 N–H and O–H groups in total. The molecule has 4 rings (SSSR count). The minimum Gasteiger partial charge on any atom is -0.310 e. The van der Waals surface area contributed by atoms with Gasteiger partial charge in [0.2, 0.25) is 5.91 Å². The molecule has 2 aromatic carbocycles. The molecule has 1 atom stereocenters. The summed E-state index contributed by atoms with van der Waals surface area (Å²) in [5, 5.41) is 0.299. The maximum atomic E-state index is 13.0. The summed E-state index contributed by atoms with van der Waals surface area (Å²) in [6.07, 6.45) is 0.138. The fourth-order valence-corrected chi connectivity index (χ4v) is 6.16. The van der Waals surface area contributed by atoms with Gasteiger partial charge in [0.05, 0.1) is 17.0 Å². The molecular weight excluding hydrogens is 368 g/mol. The highest BCUT2D eigenvalue weighted by molar-refractivity contribution is 8.00. The Morgan fingerprint density at radius 1 is 1.15 bits per heavy atom. The largest absolute Gasteiger partial charge is 0.310 e. The van der Waals surface area contributed by atoms with Crippen molar-refractivity contribution in [3.63, 3.8) is 0 Å². The van der Waals surface area contributed by atoms with Gasteiger partial charge in [-0.25, -0.2) is 8.42 Å². The SMILES string of the molecule is Cc1cc(C)cc(NS(=O)(=O)c2ccc3c4c2CC(=O)N4C[C@H](C)S3)c1. The Hall–Kier alpha value is -1.99. The third-order valence-corrected chi connectivity index (χ3v) is 7.23. The van der Waals surface area contributed by atoms with Crippen LogP contribution in [0, 0.1) is 13.8 Å². The molecule has 2 aliphatic heterocycles. The molecular formula is C19H20N2O3S2. The third-order valence-electron chi connectivity index (χ3n) is 4.63. The fourth-order valence-electron chi connectivity index (χ4n) is 3.73. The van der Waals surface area contributed by atoms with Crippen LogP contribution in [0.3, 0.4) is 0 Å². The highest BCUT2D eigenvalue weighted by Crippen LogP contribution is 2.46. The number of benzene rings is 2. The monoisotopic (exact) mass is 388 g/mol. The first-order valence-corrected chi connectivity index (χ1v) is 10.8. The number of aryl methyl sites for hydroxylation is 2. The molecule has 0 spiro atoms. The van der Waals surface area contributed by atoms with Crippen molar-refractivity contribution < 1.29 is 13.2 Å². The Morgan fingerprint density at radius 3 is 2.54 bits per heavy atom. The zero-order chi connectivity index (χ0) is 18.6. The fraction of sp³-hybridized carbons (Fsp3) is 0.316. The molecule has 26 heavy (non-hydrogen) atoms. The second kappa shape index (κ2) is 6.03. The maximum absolute atomic E-state index is 13.0. The summed E-state index contributed by atoms with van der Waals surface area (Å²) < 4.78 is 28.7. The summed E-state index contributed by atoms with van der Waals surface area (Å²) in [6.45, 7) is 6.55. The van der Waals surface area contributed by atoms with E-state index >= 15 is 0 Å². The first kappa shape index (κ1) is 17.4. The Labute approximate surface area is 157 Å². The average Bonchev–Trinajstić information content (AvgIpc) is 2.83. The van der Waals surface area contributed by atoms with Gasteiger partial charge in [0.15, 0.2) is 0 Å². The Bertz CT molecular complexity index is 1010. The van der Waals surface area contributed by atoms with Crippen LogP contribution in [-0.2, 0) is 21.2 Å². The molecule has 0 aromatic heterocycles. The van der Waals surface area contributed by atoms with Gasteiger partial charge in [-0.3, -0.25) is 9.52 Å². The summed E-state index contributed by atoms with van der Waals surface area (Å²) in [4.78, 5) is 15.3. The number of amides is 1. The maximum Gasteiger partial charge on any atom is 0.262 e. The first-order chi connectivity index (χ1) is 12.2. The van der Waals surface area contributed by atoms with Crippen LogP contribution in [0.2, 0.25) is 0 Å². The first-order valence-electron chi connectivity index (χ1n) is 8.48. The van der Waals surface area contributed by atoms with E-state index in [2.05, 4.69) is 11.6 Å². The van der Waals surface area contributed by atoms with Crippen LogP contribution in [0.4, 0.5) is 11.4 Å². The minimum atomic E-state index is -3.77. The second-order valence-electron chi connectivity index (χ2n) is 6.98. The summed E-state index contributed by atoms with van der Waals surface area (Å²) >= 11 is 1.69. The summed E-state index contributed by atoms with van der Waals surface area (Å²) in [5.41, 5.74) is 3.91. The van der Waals surface area contributed by atoms with Crippen molar-refractivity contribution in [2.45, 2.75) is 42.2 Å². The van der Waals surface area contributed by atoms with E-state index in [0.29, 0.717) is 23.0 Å². The van der Waals surface area contributed by atoms with E-state index in [1.54, 1.807) is 34.9 Å². The van der Waals surface area contributed by atoms with Crippen LogP contribution in [0.5, 0.6) is 0 Å². The number of nitrogens with zero attached hydrogens (tertiary/aromatic N) is 1. The van der Waals surface area contributed by atoms with Crippen molar-refractivity contribution >= 4 is 39.1 Å². The van der Waals surface area contributed by atoms with Crippen molar-refractivity contribution in [2.75, 3.05) is 16.2 Å². The highest BCUT2D eigenvalue weighted by Gasteiger charge is 2.38. The van der Waals surface area contributed by atoms with E-state index < -0.39 is 10.0 Å². The molecule has 2 heterocycles. The number of hydrogen-bond acceptors (Lipinski definition) is 4. The predicted octanol–water partition coefficient (Wildman–Crippen LogP) is 3.49. The van der Waals surface area contributed by atoms with Gasteiger partial charge in [-0.05, 0) is 49.2 Å². The number of carbonyl (C=O) groups is 1. The van der Waals surface area contributed by atoms with Crippen LogP contribution in [0.15, 0.2) is 40.1 Å². The molecule has 0 radical (unpaired) electrons. The van der Waals surface area contributed by atoms with Gasteiger partial charge in [-0.1, -0.05) is 13.0 Å². The third kappa shape index (κ3) is 2.89. The van der Waals surface area contributed by atoms with Crippen LogP contribution >= 0.6 is 11.8 Å². The smallest absolute Gasteiger partial charge is 0.262 e. The van der Waals surface area contributed by atoms with E-state index in [9.17, 15) is 13.2 Å². The molecule has 7 heteroatoms. The van der Waals surface area contributed by atoms with Gasteiger partial charge in [0, 0.05) is 27.9 Å². The molecule has 0 fully saturated rings. The van der Waals surface area contributed by atoms with E-state index in [0.717, 1.165) is 21.7 Å². The lowest BCUT2D eigenvalue weighted by Gasteiger charge is -2.29. The van der Waals surface area contributed by atoms with Crippen molar-refractivity contribution in [3.8, 4) is 0 Å². The Morgan fingerprint density at radius 2 is 1.85 bits per heavy atom. The topological polar surface area (TPSA) is 66.5 Å². The number of anilines is 2. The molecule has 0 saturated heterocycles. The van der Waals surface area contributed by atoms with Crippen LogP contribution < -0.4 is 9.62 Å². The lowest BCUT2D eigenvalue weighted by atomic mass is 10.1. The van der Waals surface area contributed by atoms with E-state index in [4.69, 9.17) is 0 Å². The minimum absolute atomic E-state index is 0.0255. The van der Waals surface area contributed by atoms with Gasteiger partial charge in [0.25, 0.3) is 10.0 Å². The van der Waals surface area contributed by atoms with Crippen LogP contribution in [0.1, 0.15) is 23.6 Å². The molecule has 0 unspecified atom stereocenters. The summed E-state index contributed by atoms with van der Waals surface area (Å²) in [5.74, 6) is -0.0255. The Balaban J connectivity index is 1.78. The number of sulfonamides is 1. The predicted molar refractivity (Wildman–Crippen MR) is 105 cm³/mol. The molecule has 2 aromatic rings. The summed E-state index contributed by atoms with van der Waals surface area (Å²) in [7, 11) is -3.77. The lowest BCUT2D eigenvalue weighted by Crippen LogP contribution is -2.35. The Kier molecular flexibility index (Phi) is 4.04. The number of carbonyl (C=O) groups excluding carboxylic acids is 1. The molecule has 5 nitrogen and oxygen atoms in total. The quantitative estimate of drug-likeness (QED) is 0.874. The number of thioether (sulfide) groups is 1. The average molecular weight is 389 g/mol. The van der Waals surface area contributed by atoms with E-state index in [1.165, 1.54) is 0 Å². The van der Waals surface area contributed by atoms with Gasteiger partial charge in [-0.15, -0.1) is 11.8 Å². The van der Waals surface area contributed by atoms with Crippen LogP contribution in [0.25, 0.3) is 0 Å². The van der Waals surface area contributed by atoms with Crippen LogP contribution in [-0.4, -0.2) is 26.1 Å². The molecule has 1 amide bonds. The molecule has 136 valence electrons. The summed E-state index contributed by atoms with van der Waals surface area (Å²) in [6, 6.07) is 9.04. The van der Waals surface area contributed by atoms with Gasteiger partial charge in [-0.2, -0.15) is 0 Å². The number of rotatable bonds is 3. The van der Waals surface area contributed by atoms with Crippen molar-refractivity contribution in [1.29, 1.82) is 0 Å². The van der Waals surface area contributed by atoms with Crippen molar-refractivity contribution in [2.24, 2.45) is 0 Å². The lowest BCUT2D eigenvalue weighted by molar-refractivity contribution is -0.117. The molecule has 2 aliphatic rings. The number of hydrogen-bond donors (Lipinski definition) is 1. The van der Waals surface area contributed by atoms with Gasteiger partial charge < -0.3 is 4.90 Å². The molecule has 0 aliphatic carbocycles. The van der Waals surface area contributed by atoms with Gasteiger partial charge in [0.1, 0.15) is 0 Å². The standard InChI is InChI=1S/C19H20N2O3S2/c1-11-6-12(2)8-14(7-11)20-26(23,24)17-5-4-16-19-15(17)9-18(22)21(19)10-13(3)25-16/h4-8,13,20H,9-10H2,1-3H3/t13-/m0/s1. The van der Waals surface area contributed by atoms with Crippen molar-refractivity contribution in [1.82, 2.24) is 0 Å². The molecule has 0 saturated carbocycles. The van der Waals surface area contributed by atoms with E-state index in [1.807, 2.05) is 26.0 Å². The van der Waals surface area contributed by atoms with E-state index in [-0.39, 0.29) is 17.2 Å². The highest BCUT2D eigenvalue weighted by atomic mass is 32.2. The molecule has 0 bridgehead atoms. The zero-order valence-corrected chi connectivity index (χ0v) is 16.5. The van der Waals surface area contributed by atoms with Gasteiger partial charge >= 0.3 is 0 Å².